The summed E-state index contributed by atoms with van der Waals surface area (Å²) in [6, 6.07) is 0.845. The van der Waals surface area contributed by atoms with Gasteiger partial charge in [-0.1, -0.05) is 6.92 Å². The molecule has 1 amide bonds. The standard InChI is InChI=1S/C14H26N2O2.ClH/c1-3-13-10-18-11(2)9-16(13)14(17)7-6-12-5-4-8-15-12;/h11-13,15H,3-10H2,1-2H3;1H. The van der Waals surface area contributed by atoms with E-state index in [2.05, 4.69) is 12.2 Å². The third kappa shape index (κ3) is 4.62. The Morgan fingerprint density at radius 2 is 2.26 bits per heavy atom. The van der Waals surface area contributed by atoms with Crippen LogP contribution in [0.15, 0.2) is 0 Å². The molecule has 1 N–H and O–H groups in total. The van der Waals surface area contributed by atoms with Gasteiger partial charge in [0.25, 0.3) is 0 Å². The van der Waals surface area contributed by atoms with E-state index < -0.39 is 0 Å². The molecule has 4 nitrogen and oxygen atoms in total. The molecule has 0 spiro atoms. The van der Waals surface area contributed by atoms with E-state index in [4.69, 9.17) is 4.74 Å². The van der Waals surface area contributed by atoms with Gasteiger partial charge in [-0.15, -0.1) is 12.4 Å². The fraction of sp³-hybridized carbons (Fsp3) is 0.929. The van der Waals surface area contributed by atoms with Gasteiger partial charge in [0.15, 0.2) is 0 Å². The van der Waals surface area contributed by atoms with E-state index >= 15 is 0 Å². The van der Waals surface area contributed by atoms with Crippen LogP contribution < -0.4 is 5.32 Å². The minimum Gasteiger partial charge on any atom is -0.375 e. The highest BCUT2D eigenvalue weighted by molar-refractivity contribution is 5.85. The summed E-state index contributed by atoms with van der Waals surface area (Å²) in [5.41, 5.74) is 0. The SMILES string of the molecule is CCC1COC(C)CN1C(=O)CCC1CCCN1.Cl. The molecule has 5 heteroatoms. The van der Waals surface area contributed by atoms with Crippen LogP contribution in [0.2, 0.25) is 0 Å². The van der Waals surface area contributed by atoms with Gasteiger partial charge in [-0.2, -0.15) is 0 Å². The molecular formula is C14H27ClN2O2. The Hall–Kier alpha value is -0.320. The van der Waals surface area contributed by atoms with Gasteiger partial charge in [0.1, 0.15) is 0 Å². The van der Waals surface area contributed by atoms with Crippen molar-refractivity contribution in [3.05, 3.63) is 0 Å². The molecule has 0 aromatic heterocycles. The van der Waals surface area contributed by atoms with Gasteiger partial charge in [-0.25, -0.2) is 0 Å². The van der Waals surface area contributed by atoms with Crippen molar-refractivity contribution >= 4 is 18.3 Å². The minimum absolute atomic E-state index is 0. The van der Waals surface area contributed by atoms with Gasteiger partial charge < -0.3 is 15.0 Å². The molecular weight excluding hydrogens is 264 g/mol. The Kier molecular flexibility index (Phi) is 7.11. The zero-order valence-corrected chi connectivity index (χ0v) is 12.9. The van der Waals surface area contributed by atoms with E-state index in [0.717, 1.165) is 25.9 Å². The van der Waals surface area contributed by atoms with Crippen LogP contribution in [0.5, 0.6) is 0 Å². The highest BCUT2D eigenvalue weighted by Gasteiger charge is 2.29. The maximum Gasteiger partial charge on any atom is 0.223 e. The number of nitrogens with zero attached hydrogens (tertiary/aromatic N) is 1. The summed E-state index contributed by atoms with van der Waals surface area (Å²) in [7, 11) is 0. The summed E-state index contributed by atoms with van der Waals surface area (Å²) in [5.74, 6) is 0.311. The van der Waals surface area contributed by atoms with Crippen molar-refractivity contribution in [3.63, 3.8) is 0 Å². The van der Waals surface area contributed by atoms with Crippen molar-refractivity contribution in [3.8, 4) is 0 Å². The van der Waals surface area contributed by atoms with E-state index in [1.165, 1.54) is 12.8 Å². The first-order chi connectivity index (χ1) is 8.70. The zero-order chi connectivity index (χ0) is 13.0. The molecule has 0 bridgehead atoms. The van der Waals surface area contributed by atoms with Crippen LogP contribution >= 0.6 is 12.4 Å². The van der Waals surface area contributed by atoms with Gasteiger partial charge in [-0.3, -0.25) is 4.79 Å². The molecule has 2 aliphatic heterocycles. The zero-order valence-electron chi connectivity index (χ0n) is 12.1. The second-order valence-corrected chi connectivity index (χ2v) is 5.58. The number of morpholine rings is 1. The summed E-state index contributed by atoms with van der Waals surface area (Å²) in [4.78, 5) is 14.4. The van der Waals surface area contributed by atoms with E-state index in [-0.39, 0.29) is 24.6 Å². The Balaban J connectivity index is 0.00000180. The van der Waals surface area contributed by atoms with E-state index in [1.807, 2.05) is 11.8 Å². The molecule has 0 aromatic carbocycles. The quantitative estimate of drug-likeness (QED) is 0.861. The van der Waals surface area contributed by atoms with Crippen molar-refractivity contribution in [1.29, 1.82) is 0 Å². The number of rotatable bonds is 4. The summed E-state index contributed by atoms with van der Waals surface area (Å²) in [5, 5.41) is 3.45. The van der Waals surface area contributed by atoms with Crippen molar-refractivity contribution < 1.29 is 9.53 Å². The van der Waals surface area contributed by atoms with Crippen LogP contribution in [0.3, 0.4) is 0 Å². The minimum atomic E-state index is 0. The predicted octanol–water partition coefficient (Wildman–Crippen LogP) is 1.97. The van der Waals surface area contributed by atoms with Gasteiger partial charge in [-0.05, 0) is 39.2 Å². The molecule has 3 unspecified atom stereocenters. The van der Waals surface area contributed by atoms with Crippen molar-refractivity contribution in [2.24, 2.45) is 0 Å². The van der Waals surface area contributed by atoms with Crippen LogP contribution in [0.1, 0.15) is 46.0 Å². The number of halogens is 1. The Bertz CT molecular complexity index is 283. The first-order valence-electron chi connectivity index (χ1n) is 7.35. The lowest BCUT2D eigenvalue weighted by Crippen LogP contribution is -2.51. The molecule has 0 aliphatic carbocycles. The number of ether oxygens (including phenoxy) is 1. The molecule has 2 rings (SSSR count). The highest BCUT2D eigenvalue weighted by Crippen LogP contribution is 2.18. The molecule has 2 aliphatic rings. The third-order valence-electron chi connectivity index (χ3n) is 4.13. The largest absolute Gasteiger partial charge is 0.375 e. The van der Waals surface area contributed by atoms with Crippen molar-refractivity contribution in [1.82, 2.24) is 10.2 Å². The van der Waals surface area contributed by atoms with Gasteiger partial charge in [0.2, 0.25) is 5.91 Å². The number of nitrogens with one attached hydrogen (secondary N) is 1. The van der Waals surface area contributed by atoms with Crippen LogP contribution in [-0.4, -0.2) is 48.7 Å². The predicted molar refractivity (Wildman–Crippen MR) is 78.7 cm³/mol. The molecule has 3 atom stereocenters. The monoisotopic (exact) mass is 290 g/mol. The average Bonchev–Trinajstić information content (AvgIpc) is 2.89. The lowest BCUT2D eigenvalue weighted by Gasteiger charge is -2.38. The summed E-state index contributed by atoms with van der Waals surface area (Å²) >= 11 is 0. The maximum absolute atomic E-state index is 12.3. The van der Waals surface area contributed by atoms with Crippen LogP contribution in [0.4, 0.5) is 0 Å². The number of carbonyl (C=O) groups excluding carboxylic acids is 1. The fourth-order valence-corrected chi connectivity index (χ4v) is 2.93. The van der Waals surface area contributed by atoms with Gasteiger partial charge in [0.05, 0.1) is 18.8 Å². The maximum atomic E-state index is 12.3. The smallest absolute Gasteiger partial charge is 0.223 e. The number of amides is 1. The van der Waals surface area contributed by atoms with Crippen LogP contribution in [-0.2, 0) is 9.53 Å². The van der Waals surface area contributed by atoms with E-state index in [1.54, 1.807) is 0 Å². The lowest BCUT2D eigenvalue weighted by atomic mass is 10.1. The highest BCUT2D eigenvalue weighted by atomic mass is 35.5. The molecule has 2 fully saturated rings. The van der Waals surface area contributed by atoms with Gasteiger partial charge >= 0.3 is 0 Å². The molecule has 19 heavy (non-hydrogen) atoms. The Morgan fingerprint density at radius 1 is 1.47 bits per heavy atom. The second kappa shape index (κ2) is 8.08. The summed E-state index contributed by atoms with van der Waals surface area (Å²) in [6.45, 7) is 6.75. The molecule has 0 saturated carbocycles. The van der Waals surface area contributed by atoms with E-state index in [9.17, 15) is 4.79 Å². The number of carbonyl (C=O) groups is 1. The summed E-state index contributed by atoms with van der Waals surface area (Å²) in [6.07, 6.45) is 5.32. The normalized spacial score (nSPS) is 31.1. The first-order valence-corrected chi connectivity index (χ1v) is 7.35. The van der Waals surface area contributed by atoms with E-state index in [0.29, 0.717) is 25.0 Å². The molecule has 0 aromatic rings. The Morgan fingerprint density at radius 3 is 2.89 bits per heavy atom. The topological polar surface area (TPSA) is 41.6 Å². The van der Waals surface area contributed by atoms with Crippen molar-refractivity contribution in [2.45, 2.75) is 64.1 Å². The van der Waals surface area contributed by atoms with Crippen molar-refractivity contribution in [2.75, 3.05) is 19.7 Å². The Labute approximate surface area is 122 Å². The van der Waals surface area contributed by atoms with Gasteiger partial charge in [0, 0.05) is 19.0 Å². The second-order valence-electron chi connectivity index (χ2n) is 5.58. The molecule has 2 heterocycles. The molecule has 0 radical (unpaired) electrons. The fourth-order valence-electron chi connectivity index (χ4n) is 2.93. The molecule has 2 saturated heterocycles. The lowest BCUT2D eigenvalue weighted by molar-refractivity contribution is -0.144. The molecule has 112 valence electrons. The number of hydrogen-bond acceptors (Lipinski definition) is 3. The first kappa shape index (κ1) is 16.7. The number of hydrogen-bond donors (Lipinski definition) is 1. The van der Waals surface area contributed by atoms with Crippen LogP contribution in [0, 0.1) is 0 Å². The van der Waals surface area contributed by atoms with Crippen LogP contribution in [0.25, 0.3) is 0 Å². The average molecular weight is 291 g/mol. The third-order valence-corrected chi connectivity index (χ3v) is 4.13. The summed E-state index contributed by atoms with van der Waals surface area (Å²) < 4.78 is 5.63.